The SMILES string of the molecule is COc1cc(C(N)C(=O)N[C@@H]2C(=O)N3C(C(=O)O)=C(COC(C)=O)CS[C@H]23)ccc1O. The maximum Gasteiger partial charge on any atom is 0.352 e. The summed E-state index contributed by atoms with van der Waals surface area (Å²) >= 11 is 1.25. The Labute approximate surface area is 181 Å². The van der Waals surface area contributed by atoms with Gasteiger partial charge < -0.3 is 30.7 Å². The third-order valence-electron chi connectivity index (χ3n) is 4.84. The van der Waals surface area contributed by atoms with Crippen molar-refractivity contribution in [3.63, 3.8) is 0 Å². The standard InChI is InChI=1S/C19H21N3O8S/c1-8(23)30-6-10-7-31-18-14(17(26)22(18)15(10)19(27)28)21-16(25)13(20)9-3-4-11(24)12(5-9)29-2/h3-5,13-14,18,24H,6-7,20H2,1-2H3,(H,21,25)(H,27,28)/t13?,14-,18-/m1/s1. The van der Waals surface area contributed by atoms with E-state index in [-0.39, 0.29) is 29.6 Å². The maximum atomic E-state index is 12.6. The van der Waals surface area contributed by atoms with Crippen molar-refractivity contribution in [2.24, 2.45) is 5.73 Å². The fraction of sp³-hybridized carbons (Fsp3) is 0.368. The molecule has 2 aliphatic rings. The average molecular weight is 451 g/mol. The van der Waals surface area contributed by atoms with Crippen molar-refractivity contribution in [2.45, 2.75) is 24.4 Å². The Morgan fingerprint density at radius 1 is 1.39 bits per heavy atom. The summed E-state index contributed by atoms with van der Waals surface area (Å²) < 4.78 is 9.88. The number of methoxy groups -OCH3 is 1. The van der Waals surface area contributed by atoms with Gasteiger partial charge in [0.1, 0.15) is 29.8 Å². The van der Waals surface area contributed by atoms with Crippen LogP contribution in [0.5, 0.6) is 11.5 Å². The molecule has 0 radical (unpaired) electrons. The zero-order valence-electron chi connectivity index (χ0n) is 16.7. The molecule has 1 saturated heterocycles. The van der Waals surface area contributed by atoms with E-state index in [9.17, 15) is 29.4 Å². The molecule has 3 rings (SSSR count). The molecule has 0 aliphatic carbocycles. The average Bonchev–Trinajstić information content (AvgIpc) is 2.74. The largest absolute Gasteiger partial charge is 0.504 e. The number of aromatic hydroxyl groups is 1. The van der Waals surface area contributed by atoms with Gasteiger partial charge in [-0.15, -0.1) is 11.8 Å². The lowest BCUT2D eigenvalue weighted by atomic mass is 10.0. The fourth-order valence-corrected chi connectivity index (χ4v) is 4.59. The van der Waals surface area contributed by atoms with Gasteiger partial charge in [-0.05, 0) is 17.7 Å². The van der Waals surface area contributed by atoms with E-state index >= 15 is 0 Å². The van der Waals surface area contributed by atoms with Crippen LogP contribution in [0.15, 0.2) is 29.5 Å². The number of nitrogens with two attached hydrogens (primary N) is 1. The number of thioether (sulfide) groups is 1. The van der Waals surface area contributed by atoms with Crippen LogP contribution < -0.4 is 15.8 Å². The molecule has 12 heteroatoms. The number of hydrogen-bond acceptors (Lipinski definition) is 9. The molecule has 1 fully saturated rings. The van der Waals surface area contributed by atoms with Crippen LogP contribution in [0.1, 0.15) is 18.5 Å². The van der Waals surface area contributed by atoms with Gasteiger partial charge in [-0.25, -0.2) is 4.79 Å². The van der Waals surface area contributed by atoms with E-state index in [1.54, 1.807) is 0 Å². The molecule has 0 saturated carbocycles. The molecule has 31 heavy (non-hydrogen) atoms. The monoisotopic (exact) mass is 451 g/mol. The molecule has 1 unspecified atom stereocenters. The lowest BCUT2D eigenvalue weighted by Crippen LogP contribution is -2.71. The number of carboxylic acid groups (broad SMARTS) is 1. The van der Waals surface area contributed by atoms with Crippen LogP contribution in [0.4, 0.5) is 0 Å². The number of fused-ring (bicyclic) bond motifs is 1. The van der Waals surface area contributed by atoms with E-state index in [1.807, 2.05) is 0 Å². The number of rotatable bonds is 7. The van der Waals surface area contributed by atoms with Crippen LogP contribution in [0.3, 0.4) is 0 Å². The lowest BCUT2D eigenvalue weighted by Gasteiger charge is -2.49. The first-order valence-corrected chi connectivity index (χ1v) is 10.2. The van der Waals surface area contributed by atoms with Gasteiger partial charge in [0, 0.05) is 18.2 Å². The predicted molar refractivity (Wildman–Crippen MR) is 108 cm³/mol. The molecule has 0 spiro atoms. The normalized spacial score (nSPS) is 21.0. The van der Waals surface area contributed by atoms with E-state index in [0.29, 0.717) is 11.1 Å². The van der Waals surface area contributed by atoms with Gasteiger partial charge in [-0.2, -0.15) is 0 Å². The summed E-state index contributed by atoms with van der Waals surface area (Å²) in [5.41, 5.74) is 6.41. The summed E-state index contributed by atoms with van der Waals surface area (Å²) in [6.07, 6.45) is 0. The molecule has 2 amide bonds. The second-order valence-corrected chi connectivity index (χ2v) is 7.95. The van der Waals surface area contributed by atoms with Gasteiger partial charge in [0.25, 0.3) is 5.91 Å². The number of β-lactam (4-membered cyclic amide) rings is 1. The zero-order valence-corrected chi connectivity index (χ0v) is 17.5. The molecule has 0 bridgehead atoms. The summed E-state index contributed by atoms with van der Waals surface area (Å²) in [4.78, 5) is 49.1. The number of carbonyl (C=O) groups excluding carboxylic acids is 3. The van der Waals surface area contributed by atoms with Crippen LogP contribution in [-0.4, -0.2) is 69.8 Å². The third kappa shape index (κ3) is 4.30. The van der Waals surface area contributed by atoms with Crippen molar-refractivity contribution >= 4 is 35.5 Å². The highest BCUT2D eigenvalue weighted by Gasteiger charge is 2.54. The van der Waals surface area contributed by atoms with Crippen molar-refractivity contribution in [2.75, 3.05) is 19.5 Å². The zero-order chi connectivity index (χ0) is 22.9. The van der Waals surface area contributed by atoms with Gasteiger partial charge in [-0.1, -0.05) is 6.07 Å². The minimum absolute atomic E-state index is 0.111. The van der Waals surface area contributed by atoms with Crippen LogP contribution in [0.2, 0.25) is 0 Å². The van der Waals surface area contributed by atoms with Crippen molar-refractivity contribution < 1.29 is 38.9 Å². The van der Waals surface area contributed by atoms with E-state index in [2.05, 4.69) is 5.32 Å². The highest BCUT2D eigenvalue weighted by molar-refractivity contribution is 8.00. The summed E-state index contributed by atoms with van der Waals surface area (Å²) in [5, 5.41) is 21.2. The number of phenolic OH excluding ortho intramolecular Hbond substituents is 1. The van der Waals surface area contributed by atoms with Crippen LogP contribution >= 0.6 is 11.8 Å². The number of nitrogens with zero attached hydrogens (tertiary/aromatic N) is 1. The Kier molecular flexibility index (Phi) is 6.41. The first-order valence-electron chi connectivity index (χ1n) is 9.12. The van der Waals surface area contributed by atoms with Gasteiger partial charge in [0.15, 0.2) is 11.5 Å². The summed E-state index contributed by atoms with van der Waals surface area (Å²) in [6.45, 7) is 0.970. The van der Waals surface area contributed by atoms with E-state index in [4.69, 9.17) is 15.2 Å². The number of esters is 1. The second kappa shape index (κ2) is 8.86. The Hall–Kier alpha value is -3.25. The minimum atomic E-state index is -1.32. The molecular formula is C19H21N3O8S. The molecule has 11 nitrogen and oxygen atoms in total. The molecule has 1 aromatic rings. The van der Waals surface area contributed by atoms with Gasteiger partial charge in [0.05, 0.1) is 7.11 Å². The Balaban J connectivity index is 1.73. The van der Waals surface area contributed by atoms with E-state index in [0.717, 1.165) is 4.90 Å². The molecule has 5 N–H and O–H groups in total. The van der Waals surface area contributed by atoms with Gasteiger partial charge >= 0.3 is 11.9 Å². The molecule has 166 valence electrons. The summed E-state index contributed by atoms with van der Waals surface area (Å²) in [7, 11) is 1.36. The quantitative estimate of drug-likeness (QED) is 0.319. The van der Waals surface area contributed by atoms with Crippen LogP contribution in [0.25, 0.3) is 0 Å². The number of amides is 2. The topological polar surface area (TPSA) is 168 Å². The fourth-order valence-electron chi connectivity index (χ4n) is 3.27. The highest BCUT2D eigenvalue weighted by atomic mass is 32.2. The summed E-state index contributed by atoms with van der Waals surface area (Å²) in [5.74, 6) is -2.87. The molecule has 0 aromatic heterocycles. The molecule has 1 aromatic carbocycles. The first kappa shape index (κ1) is 22.4. The first-order chi connectivity index (χ1) is 14.6. The van der Waals surface area contributed by atoms with Crippen molar-refractivity contribution in [3.05, 3.63) is 35.0 Å². The maximum absolute atomic E-state index is 12.6. The lowest BCUT2D eigenvalue weighted by molar-refractivity contribution is -0.151. The molecule has 3 atom stereocenters. The van der Waals surface area contributed by atoms with Gasteiger partial charge in [0.2, 0.25) is 5.91 Å². The number of carboxylic acids is 1. The highest BCUT2D eigenvalue weighted by Crippen LogP contribution is 2.40. The molecule has 2 aliphatic heterocycles. The van der Waals surface area contributed by atoms with E-state index in [1.165, 1.54) is 44.0 Å². The van der Waals surface area contributed by atoms with Crippen molar-refractivity contribution in [1.82, 2.24) is 10.2 Å². The number of nitrogens with one attached hydrogen (secondary N) is 1. The molecule has 2 heterocycles. The Morgan fingerprint density at radius 3 is 2.71 bits per heavy atom. The van der Waals surface area contributed by atoms with Crippen molar-refractivity contribution in [1.29, 1.82) is 0 Å². The number of phenols is 1. The number of benzene rings is 1. The van der Waals surface area contributed by atoms with Gasteiger partial charge in [-0.3, -0.25) is 19.3 Å². The number of carbonyl (C=O) groups is 4. The van der Waals surface area contributed by atoms with Crippen LogP contribution in [-0.2, 0) is 23.9 Å². The van der Waals surface area contributed by atoms with Crippen molar-refractivity contribution in [3.8, 4) is 11.5 Å². The van der Waals surface area contributed by atoms with E-state index < -0.39 is 41.2 Å². The number of hydrogen-bond donors (Lipinski definition) is 4. The Morgan fingerprint density at radius 2 is 2.10 bits per heavy atom. The predicted octanol–water partition coefficient (Wildman–Crippen LogP) is -0.298. The number of ether oxygens (including phenoxy) is 2. The Bertz CT molecular complexity index is 979. The smallest absolute Gasteiger partial charge is 0.352 e. The summed E-state index contributed by atoms with van der Waals surface area (Å²) in [6, 6.07) is 2.12. The number of aliphatic carboxylic acids is 1. The van der Waals surface area contributed by atoms with Crippen LogP contribution in [0, 0.1) is 0 Å². The second-order valence-electron chi connectivity index (χ2n) is 6.84. The third-order valence-corrected chi connectivity index (χ3v) is 6.18. The minimum Gasteiger partial charge on any atom is -0.504 e. The molecular weight excluding hydrogens is 430 g/mol.